The highest BCUT2D eigenvalue weighted by Gasteiger charge is 2.30. The number of anilines is 1. The largest absolute Gasteiger partial charge is 0.379 e. The molecule has 7 nitrogen and oxygen atoms in total. The van der Waals surface area contributed by atoms with E-state index >= 15 is 0 Å². The van der Waals surface area contributed by atoms with Crippen molar-refractivity contribution in [3.63, 3.8) is 0 Å². The topological polar surface area (TPSA) is 69.2 Å². The van der Waals surface area contributed by atoms with Crippen molar-refractivity contribution in [1.29, 1.82) is 0 Å². The molecule has 1 unspecified atom stereocenters. The summed E-state index contributed by atoms with van der Waals surface area (Å²) in [5, 5.41) is 5.85. The molecule has 0 bridgehead atoms. The second-order valence-electron chi connectivity index (χ2n) is 6.49. The van der Waals surface area contributed by atoms with Crippen molar-refractivity contribution in [2.24, 2.45) is 4.99 Å². The van der Waals surface area contributed by atoms with Crippen LogP contribution >= 0.6 is 0 Å². The van der Waals surface area contributed by atoms with Crippen LogP contribution in [0.3, 0.4) is 0 Å². The molecular formula is C18H26FN5O2. The Kier molecular flexibility index (Phi) is 6.40. The van der Waals surface area contributed by atoms with Crippen LogP contribution in [0.15, 0.2) is 29.3 Å². The van der Waals surface area contributed by atoms with Crippen molar-refractivity contribution >= 4 is 17.6 Å². The Labute approximate surface area is 153 Å². The predicted molar refractivity (Wildman–Crippen MR) is 98.8 cm³/mol. The lowest BCUT2D eigenvalue weighted by Gasteiger charge is -2.32. The van der Waals surface area contributed by atoms with E-state index in [0.29, 0.717) is 11.7 Å². The van der Waals surface area contributed by atoms with Gasteiger partial charge in [-0.15, -0.1) is 0 Å². The summed E-state index contributed by atoms with van der Waals surface area (Å²) >= 11 is 0. The number of hydrogen-bond acceptors (Lipinski definition) is 4. The number of nitrogens with one attached hydrogen (secondary N) is 2. The zero-order valence-corrected chi connectivity index (χ0v) is 15.1. The van der Waals surface area contributed by atoms with E-state index in [1.807, 2.05) is 0 Å². The molecule has 1 aromatic rings. The summed E-state index contributed by atoms with van der Waals surface area (Å²) in [6.45, 7) is 5.48. The van der Waals surface area contributed by atoms with E-state index in [9.17, 15) is 9.18 Å². The predicted octanol–water partition coefficient (Wildman–Crippen LogP) is 0.746. The molecule has 0 aliphatic carbocycles. The van der Waals surface area contributed by atoms with Crippen LogP contribution in [-0.4, -0.2) is 80.7 Å². The Morgan fingerprint density at radius 3 is 2.69 bits per heavy atom. The average molecular weight is 363 g/mol. The van der Waals surface area contributed by atoms with Gasteiger partial charge in [-0.25, -0.2) is 4.39 Å². The first kappa shape index (κ1) is 18.6. The summed E-state index contributed by atoms with van der Waals surface area (Å²) in [5.41, 5.74) is 0.571. The Balaban J connectivity index is 1.45. The average Bonchev–Trinajstić information content (AvgIpc) is 3.15. The lowest BCUT2D eigenvalue weighted by atomic mass is 10.2. The van der Waals surface area contributed by atoms with E-state index in [2.05, 4.69) is 25.4 Å². The van der Waals surface area contributed by atoms with Crippen molar-refractivity contribution in [3.05, 3.63) is 30.1 Å². The number of aliphatic imine (C=N–C) groups is 1. The van der Waals surface area contributed by atoms with Gasteiger partial charge in [0.25, 0.3) is 0 Å². The molecule has 26 heavy (non-hydrogen) atoms. The second-order valence-corrected chi connectivity index (χ2v) is 6.49. The number of rotatable bonds is 4. The fourth-order valence-corrected chi connectivity index (χ4v) is 3.40. The number of amides is 1. The Bertz CT molecular complexity index is 631. The molecule has 2 heterocycles. The van der Waals surface area contributed by atoms with E-state index in [4.69, 9.17) is 4.74 Å². The molecule has 3 rings (SSSR count). The van der Waals surface area contributed by atoms with Crippen LogP contribution in [0.4, 0.5) is 10.1 Å². The molecule has 1 amide bonds. The number of carbonyl (C=O) groups is 1. The number of hydrogen-bond donors (Lipinski definition) is 2. The highest BCUT2D eigenvalue weighted by Crippen LogP contribution is 2.17. The van der Waals surface area contributed by atoms with Crippen LogP contribution in [0.25, 0.3) is 0 Å². The third-order valence-corrected chi connectivity index (χ3v) is 4.77. The van der Waals surface area contributed by atoms with Crippen LogP contribution in [0.2, 0.25) is 0 Å². The fraction of sp³-hybridized carbons (Fsp3) is 0.556. The molecule has 2 aliphatic heterocycles. The maximum absolute atomic E-state index is 12.9. The molecule has 2 fully saturated rings. The smallest absolute Gasteiger partial charge is 0.243 e. The number of halogens is 1. The number of guanidine groups is 1. The van der Waals surface area contributed by atoms with Gasteiger partial charge in [0.15, 0.2) is 5.96 Å². The third kappa shape index (κ3) is 4.92. The molecule has 1 aromatic carbocycles. The number of morpholine rings is 1. The zero-order chi connectivity index (χ0) is 18.4. The van der Waals surface area contributed by atoms with Crippen LogP contribution < -0.4 is 10.6 Å². The maximum Gasteiger partial charge on any atom is 0.243 e. The van der Waals surface area contributed by atoms with Gasteiger partial charge in [0.05, 0.1) is 19.8 Å². The monoisotopic (exact) mass is 363 g/mol. The van der Waals surface area contributed by atoms with Crippen molar-refractivity contribution < 1.29 is 13.9 Å². The van der Waals surface area contributed by atoms with Crippen molar-refractivity contribution in [1.82, 2.24) is 15.1 Å². The van der Waals surface area contributed by atoms with Gasteiger partial charge in [-0.3, -0.25) is 14.7 Å². The first-order chi connectivity index (χ1) is 12.7. The first-order valence-corrected chi connectivity index (χ1v) is 8.98. The van der Waals surface area contributed by atoms with Gasteiger partial charge < -0.3 is 20.3 Å². The summed E-state index contributed by atoms with van der Waals surface area (Å²) in [7, 11) is 1.72. The van der Waals surface area contributed by atoms with Crippen LogP contribution in [0, 0.1) is 5.82 Å². The van der Waals surface area contributed by atoms with Gasteiger partial charge in [0.2, 0.25) is 5.91 Å². The van der Waals surface area contributed by atoms with E-state index in [0.717, 1.165) is 51.8 Å². The van der Waals surface area contributed by atoms with Gasteiger partial charge in [0, 0.05) is 45.0 Å². The van der Waals surface area contributed by atoms with Gasteiger partial charge >= 0.3 is 0 Å². The van der Waals surface area contributed by atoms with E-state index in [-0.39, 0.29) is 18.3 Å². The second kappa shape index (κ2) is 8.95. The normalized spacial score (nSPS) is 21.7. The van der Waals surface area contributed by atoms with Gasteiger partial charge in [0.1, 0.15) is 5.82 Å². The molecule has 8 heteroatoms. The first-order valence-electron chi connectivity index (χ1n) is 8.98. The van der Waals surface area contributed by atoms with E-state index in [1.54, 1.807) is 7.05 Å². The Hall–Kier alpha value is -2.19. The highest BCUT2D eigenvalue weighted by molar-refractivity contribution is 5.95. The Morgan fingerprint density at radius 1 is 1.27 bits per heavy atom. The van der Waals surface area contributed by atoms with Crippen LogP contribution in [-0.2, 0) is 9.53 Å². The quantitative estimate of drug-likeness (QED) is 0.610. The van der Waals surface area contributed by atoms with Crippen molar-refractivity contribution in [2.45, 2.75) is 12.5 Å². The number of benzene rings is 1. The number of ether oxygens (including phenoxy) is 1. The zero-order valence-electron chi connectivity index (χ0n) is 15.1. The molecule has 0 aromatic heterocycles. The molecule has 2 saturated heterocycles. The molecule has 0 saturated carbocycles. The van der Waals surface area contributed by atoms with Gasteiger partial charge in [-0.1, -0.05) is 0 Å². The molecule has 1 atom stereocenters. The Morgan fingerprint density at radius 2 is 2.00 bits per heavy atom. The molecule has 2 N–H and O–H groups in total. The standard InChI is InChI=1S/C18H26FN5O2/c1-20-18(21-12-17(25)22-15-4-2-14(19)3-5-15)24-7-6-16(13-24)23-8-10-26-11-9-23/h2-5,16H,6-13H2,1H3,(H,20,21)(H,22,25). The molecule has 2 aliphatic rings. The summed E-state index contributed by atoms with van der Waals surface area (Å²) in [6.07, 6.45) is 1.09. The van der Waals surface area contributed by atoms with Gasteiger partial charge in [-0.05, 0) is 30.7 Å². The number of likely N-dealkylation sites (tertiary alicyclic amines) is 1. The SMILES string of the molecule is CN=C(NCC(=O)Nc1ccc(F)cc1)N1CCC(N2CCOCC2)C1. The minimum absolute atomic E-state index is 0.114. The lowest BCUT2D eigenvalue weighted by Crippen LogP contribution is -2.47. The molecular weight excluding hydrogens is 337 g/mol. The summed E-state index contributed by atoms with van der Waals surface area (Å²) in [4.78, 5) is 21.0. The molecule has 142 valence electrons. The third-order valence-electron chi connectivity index (χ3n) is 4.77. The lowest BCUT2D eigenvalue weighted by molar-refractivity contribution is -0.115. The summed E-state index contributed by atoms with van der Waals surface area (Å²) in [6, 6.07) is 6.21. The molecule has 0 spiro atoms. The summed E-state index contributed by atoms with van der Waals surface area (Å²) in [5.74, 6) is 0.210. The highest BCUT2D eigenvalue weighted by atomic mass is 19.1. The fourth-order valence-electron chi connectivity index (χ4n) is 3.40. The summed E-state index contributed by atoms with van der Waals surface area (Å²) < 4.78 is 18.3. The van der Waals surface area contributed by atoms with E-state index < -0.39 is 0 Å². The minimum atomic E-state index is -0.328. The minimum Gasteiger partial charge on any atom is -0.379 e. The van der Waals surface area contributed by atoms with Crippen molar-refractivity contribution in [3.8, 4) is 0 Å². The maximum atomic E-state index is 12.9. The van der Waals surface area contributed by atoms with Crippen LogP contribution in [0.5, 0.6) is 0 Å². The van der Waals surface area contributed by atoms with Crippen LogP contribution in [0.1, 0.15) is 6.42 Å². The number of carbonyl (C=O) groups excluding carboxylic acids is 1. The van der Waals surface area contributed by atoms with Gasteiger partial charge in [-0.2, -0.15) is 0 Å². The van der Waals surface area contributed by atoms with E-state index in [1.165, 1.54) is 24.3 Å². The number of nitrogens with zero attached hydrogens (tertiary/aromatic N) is 3. The van der Waals surface area contributed by atoms with Crippen molar-refractivity contribution in [2.75, 3.05) is 58.3 Å². The molecule has 0 radical (unpaired) electrons.